The number of aromatic nitrogens is 3. The second-order valence-electron chi connectivity index (χ2n) is 8.24. The highest BCUT2D eigenvalue weighted by Gasteiger charge is 2.27. The third-order valence-corrected chi connectivity index (χ3v) is 6.62. The van der Waals surface area contributed by atoms with Gasteiger partial charge in [-0.25, -0.2) is 9.97 Å². The van der Waals surface area contributed by atoms with E-state index < -0.39 is 0 Å². The molecule has 0 saturated heterocycles. The molecule has 7 heteroatoms. The van der Waals surface area contributed by atoms with Crippen LogP contribution in [0.1, 0.15) is 31.7 Å². The van der Waals surface area contributed by atoms with Crippen LogP contribution in [0, 0.1) is 5.92 Å². The van der Waals surface area contributed by atoms with E-state index >= 15 is 0 Å². The molecule has 1 fully saturated rings. The molecule has 2 heterocycles. The molecule has 0 spiro atoms. The Morgan fingerprint density at radius 1 is 0.938 bits per heavy atom. The summed E-state index contributed by atoms with van der Waals surface area (Å²) >= 11 is 12.0. The normalized spacial score (nSPS) is 18.6. The van der Waals surface area contributed by atoms with Crippen LogP contribution in [0.4, 0.5) is 5.82 Å². The van der Waals surface area contributed by atoms with Gasteiger partial charge in [0.15, 0.2) is 0 Å². The van der Waals surface area contributed by atoms with Crippen LogP contribution in [0.3, 0.4) is 0 Å². The summed E-state index contributed by atoms with van der Waals surface area (Å²) in [5.41, 5.74) is 2.80. The lowest BCUT2D eigenvalue weighted by atomic mass is 9.85. The summed E-state index contributed by atoms with van der Waals surface area (Å²) in [6, 6.07) is 17.3. The van der Waals surface area contributed by atoms with Crippen LogP contribution in [0.15, 0.2) is 67.1 Å². The molecular weight excluding hydrogens is 443 g/mol. The number of carbonyl (C=O) groups excluding carboxylic acids is 1. The molecule has 1 saturated carbocycles. The number of nitrogens with one attached hydrogen (secondary N) is 1. The largest absolute Gasteiger partial charge is 0.334 e. The van der Waals surface area contributed by atoms with Gasteiger partial charge in [-0.3, -0.25) is 4.79 Å². The second kappa shape index (κ2) is 8.93. The maximum atomic E-state index is 12.8. The molecule has 0 bridgehead atoms. The first-order chi connectivity index (χ1) is 15.5. The number of amides is 1. The Morgan fingerprint density at radius 3 is 2.47 bits per heavy atom. The van der Waals surface area contributed by atoms with Crippen LogP contribution in [-0.4, -0.2) is 20.4 Å². The van der Waals surface area contributed by atoms with Gasteiger partial charge in [0.2, 0.25) is 5.91 Å². The lowest BCUT2D eigenvalue weighted by Gasteiger charge is -2.28. The Morgan fingerprint density at radius 2 is 1.69 bits per heavy atom. The average Bonchev–Trinajstić information content (AvgIpc) is 3.30. The number of fused-ring (bicyclic) bond motifs is 1. The van der Waals surface area contributed by atoms with E-state index in [9.17, 15) is 4.79 Å². The Hall–Kier alpha value is -2.89. The van der Waals surface area contributed by atoms with Gasteiger partial charge in [0.25, 0.3) is 0 Å². The van der Waals surface area contributed by atoms with Crippen molar-refractivity contribution in [3.63, 3.8) is 0 Å². The van der Waals surface area contributed by atoms with Gasteiger partial charge >= 0.3 is 0 Å². The number of pyridine rings is 1. The Kier molecular flexibility index (Phi) is 5.85. The van der Waals surface area contributed by atoms with Crippen LogP contribution in [0.5, 0.6) is 0 Å². The zero-order valence-corrected chi connectivity index (χ0v) is 18.9. The van der Waals surface area contributed by atoms with Crippen LogP contribution < -0.4 is 5.32 Å². The average molecular weight is 465 g/mol. The van der Waals surface area contributed by atoms with Crippen LogP contribution in [-0.2, 0) is 4.79 Å². The smallest absolute Gasteiger partial charge is 0.228 e. The van der Waals surface area contributed by atoms with Crippen molar-refractivity contribution >= 4 is 45.8 Å². The Bertz CT molecular complexity index is 1260. The van der Waals surface area contributed by atoms with Crippen molar-refractivity contribution < 1.29 is 4.79 Å². The highest BCUT2D eigenvalue weighted by Crippen LogP contribution is 2.34. The van der Waals surface area contributed by atoms with Crippen LogP contribution in [0.2, 0.25) is 10.0 Å². The number of carbonyl (C=O) groups is 1. The molecule has 5 nitrogen and oxygen atoms in total. The number of halogens is 2. The molecule has 0 radical (unpaired) electrons. The molecule has 0 unspecified atom stereocenters. The maximum Gasteiger partial charge on any atom is 0.228 e. The van der Waals surface area contributed by atoms with Gasteiger partial charge in [-0.2, -0.15) is 0 Å². The van der Waals surface area contributed by atoms with Crippen LogP contribution in [0.25, 0.3) is 22.2 Å². The summed E-state index contributed by atoms with van der Waals surface area (Å²) in [4.78, 5) is 21.9. The fraction of sp³-hybridized carbons (Fsp3) is 0.240. The standard InChI is InChI=1S/C25H22Cl2N4O/c26-19-6-1-16(2-7-19)23-14-31(15-28-23)21-9-3-17(4-10-21)25(32)30-24-12-5-18-13-20(27)8-11-22(18)29-24/h1-2,5-8,11-15,17,21H,3-4,9-10H2,(H,29,30,32). The highest BCUT2D eigenvalue weighted by molar-refractivity contribution is 6.31. The summed E-state index contributed by atoms with van der Waals surface area (Å²) in [6.45, 7) is 0. The molecular formula is C25H22Cl2N4O. The minimum absolute atomic E-state index is 0.00628. The Balaban J connectivity index is 1.20. The zero-order chi connectivity index (χ0) is 22.1. The SMILES string of the molecule is O=C(Nc1ccc2cc(Cl)ccc2n1)C1CCC(n2cnc(-c3ccc(Cl)cc3)c2)CC1. The molecule has 2 aromatic carbocycles. The van der Waals surface area contributed by atoms with Gasteiger partial charge in [-0.1, -0.05) is 35.3 Å². The van der Waals surface area contributed by atoms with Crippen molar-refractivity contribution in [2.75, 3.05) is 5.32 Å². The molecule has 1 aliphatic rings. The van der Waals surface area contributed by atoms with Crippen molar-refractivity contribution in [1.29, 1.82) is 0 Å². The molecule has 0 aliphatic heterocycles. The number of nitrogens with zero attached hydrogens (tertiary/aromatic N) is 3. The number of imidazole rings is 1. The van der Waals surface area contributed by atoms with E-state index in [0.29, 0.717) is 21.9 Å². The molecule has 4 aromatic rings. The highest BCUT2D eigenvalue weighted by atomic mass is 35.5. The lowest BCUT2D eigenvalue weighted by Crippen LogP contribution is -2.28. The van der Waals surface area contributed by atoms with E-state index in [1.807, 2.05) is 54.9 Å². The quantitative estimate of drug-likeness (QED) is 0.362. The first kappa shape index (κ1) is 21.0. The second-order valence-corrected chi connectivity index (χ2v) is 9.11. The molecule has 0 atom stereocenters. The van der Waals surface area contributed by atoms with Gasteiger partial charge in [-0.15, -0.1) is 0 Å². The topological polar surface area (TPSA) is 59.8 Å². The van der Waals surface area contributed by atoms with Gasteiger partial charge in [0.1, 0.15) is 5.82 Å². The predicted molar refractivity (Wildman–Crippen MR) is 129 cm³/mol. The minimum Gasteiger partial charge on any atom is -0.334 e. The third-order valence-electron chi connectivity index (χ3n) is 6.13. The lowest BCUT2D eigenvalue weighted by molar-refractivity contribution is -0.121. The van der Waals surface area contributed by atoms with E-state index in [1.165, 1.54) is 0 Å². The van der Waals surface area contributed by atoms with Gasteiger partial charge in [-0.05, 0) is 68.1 Å². The zero-order valence-electron chi connectivity index (χ0n) is 17.3. The number of hydrogen-bond acceptors (Lipinski definition) is 3. The van der Waals surface area contributed by atoms with Crippen LogP contribution >= 0.6 is 23.2 Å². The number of anilines is 1. The first-order valence-corrected chi connectivity index (χ1v) is 11.5. The van der Waals surface area contributed by atoms with Crippen molar-refractivity contribution in [3.8, 4) is 11.3 Å². The van der Waals surface area contributed by atoms with Gasteiger partial charge in [0, 0.05) is 39.2 Å². The van der Waals surface area contributed by atoms with E-state index in [4.69, 9.17) is 23.2 Å². The summed E-state index contributed by atoms with van der Waals surface area (Å²) in [7, 11) is 0. The van der Waals surface area contributed by atoms with E-state index in [0.717, 1.165) is 47.8 Å². The molecule has 1 amide bonds. The minimum atomic E-state index is -0.00628. The van der Waals surface area contributed by atoms with Crippen molar-refractivity contribution in [2.45, 2.75) is 31.7 Å². The monoisotopic (exact) mass is 464 g/mol. The summed E-state index contributed by atoms with van der Waals surface area (Å²) in [6.07, 6.45) is 7.54. The Labute approximate surface area is 196 Å². The van der Waals surface area contributed by atoms with Crippen molar-refractivity contribution in [2.24, 2.45) is 5.92 Å². The van der Waals surface area contributed by atoms with Crippen molar-refractivity contribution in [1.82, 2.24) is 14.5 Å². The molecule has 1 N–H and O–H groups in total. The van der Waals surface area contributed by atoms with E-state index in [-0.39, 0.29) is 11.8 Å². The van der Waals surface area contributed by atoms with E-state index in [1.54, 1.807) is 6.07 Å². The van der Waals surface area contributed by atoms with Crippen molar-refractivity contribution in [3.05, 3.63) is 77.2 Å². The summed E-state index contributed by atoms with van der Waals surface area (Å²) in [5, 5.41) is 5.33. The predicted octanol–water partition coefficient (Wildman–Crippen LogP) is 6.78. The fourth-order valence-electron chi connectivity index (χ4n) is 4.34. The van der Waals surface area contributed by atoms with Gasteiger partial charge < -0.3 is 9.88 Å². The molecule has 32 heavy (non-hydrogen) atoms. The number of hydrogen-bond donors (Lipinski definition) is 1. The molecule has 2 aromatic heterocycles. The summed E-state index contributed by atoms with van der Waals surface area (Å²) in [5.74, 6) is 0.610. The summed E-state index contributed by atoms with van der Waals surface area (Å²) < 4.78 is 2.17. The first-order valence-electron chi connectivity index (χ1n) is 10.7. The van der Waals surface area contributed by atoms with Gasteiger partial charge in [0.05, 0.1) is 17.5 Å². The fourth-order valence-corrected chi connectivity index (χ4v) is 4.64. The van der Waals surface area contributed by atoms with E-state index in [2.05, 4.69) is 26.0 Å². The number of rotatable bonds is 4. The molecule has 162 valence electrons. The third kappa shape index (κ3) is 4.50. The molecule has 5 rings (SSSR count). The molecule has 1 aliphatic carbocycles. The number of benzene rings is 2. The maximum absolute atomic E-state index is 12.8.